The first kappa shape index (κ1) is 26.0. The lowest BCUT2D eigenvalue weighted by atomic mass is 10.0. The van der Waals surface area contributed by atoms with Crippen LogP contribution in [0, 0.1) is 0 Å². The molecule has 4 atom stereocenters. The van der Waals surface area contributed by atoms with Crippen LogP contribution in [0.25, 0.3) is 0 Å². The van der Waals surface area contributed by atoms with Crippen molar-refractivity contribution in [3.05, 3.63) is 35.9 Å². The third kappa shape index (κ3) is 9.55. The highest BCUT2D eigenvalue weighted by Gasteiger charge is 2.28. The summed E-state index contributed by atoms with van der Waals surface area (Å²) in [6, 6.07) is 5.75. The Bertz CT molecular complexity index is 745. The largest absolute Gasteiger partial charge is 0.478 e. The van der Waals surface area contributed by atoms with Crippen molar-refractivity contribution in [2.24, 2.45) is 11.5 Å². The minimum atomic E-state index is -2.12. The van der Waals surface area contributed by atoms with E-state index in [0.29, 0.717) is 24.9 Å². The Morgan fingerprint density at radius 1 is 0.968 bits per heavy atom. The van der Waals surface area contributed by atoms with E-state index >= 15 is 0 Å². The second kappa shape index (κ2) is 13.3. The Hall–Kier alpha value is -3.02. The van der Waals surface area contributed by atoms with Crippen LogP contribution < -0.4 is 27.4 Å². The number of amides is 3. The van der Waals surface area contributed by atoms with Gasteiger partial charge in [0.1, 0.15) is 12.1 Å². The van der Waals surface area contributed by atoms with Gasteiger partial charge in [0.15, 0.2) is 0 Å². The van der Waals surface area contributed by atoms with Crippen LogP contribution in [0.15, 0.2) is 30.3 Å². The molecule has 3 amide bonds. The number of benzene rings is 1. The first-order valence-electron chi connectivity index (χ1n) is 9.97. The zero-order valence-electron chi connectivity index (χ0n) is 17.4. The van der Waals surface area contributed by atoms with Gasteiger partial charge in [-0.25, -0.2) is 4.79 Å². The quantitative estimate of drug-likeness (QED) is 0.138. The van der Waals surface area contributed by atoms with Gasteiger partial charge in [-0.15, -0.1) is 0 Å². The summed E-state index contributed by atoms with van der Waals surface area (Å²) < 4.78 is 0. The number of carboxylic acids is 1. The van der Waals surface area contributed by atoms with E-state index in [1.165, 1.54) is 6.92 Å². The van der Waals surface area contributed by atoms with Gasteiger partial charge < -0.3 is 37.6 Å². The molecule has 11 nitrogen and oxygen atoms in total. The van der Waals surface area contributed by atoms with E-state index in [1.807, 2.05) is 5.32 Å². The van der Waals surface area contributed by atoms with E-state index < -0.39 is 48.0 Å². The number of hydrogen-bond donors (Lipinski definition) is 7. The smallest absolute Gasteiger partial charge is 0.353 e. The van der Waals surface area contributed by atoms with Crippen LogP contribution in [-0.4, -0.2) is 64.8 Å². The second-order valence-corrected chi connectivity index (χ2v) is 7.12. The van der Waals surface area contributed by atoms with Crippen LogP contribution in [0.5, 0.6) is 0 Å². The van der Waals surface area contributed by atoms with Crippen LogP contribution in [0.2, 0.25) is 0 Å². The summed E-state index contributed by atoms with van der Waals surface area (Å²) in [4.78, 5) is 47.9. The lowest BCUT2D eigenvalue weighted by molar-refractivity contribution is -0.151. The molecular formula is C20H31N5O6. The predicted molar refractivity (Wildman–Crippen MR) is 112 cm³/mol. The summed E-state index contributed by atoms with van der Waals surface area (Å²) in [5, 5.41) is 25.1. The standard InChI is InChI=1S/C20H31N5O6/c1-12(23-17(27)14(22)9-5-6-10-21)16(26)24-15(11-13-7-3-2-4-8-13)18(28)25-19(29)20(30)31/h2-4,7-8,12,14-15,19,29H,5-6,9-11,21-22H2,1H3,(H,23,27)(H,24,26)(H,25,28)(H,30,31)/t12-,14-,15-,19?/m0/s1. The highest BCUT2D eigenvalue weighted by molar-refractivity contribution is 5.93. The van der Waals surface area contributed by atoms with Gasteiger partial charge in [0.25, 0.3) is 0 Å². The molecule has 1 unspecified atom stereocenters. The number of carbonyl (C=O) groups is 4. The molecule has 1 aromatic carbocycles. The molecule has 0 radical (unpaired) electrons. The SMILES string of the molecule is C[C@H](NC(=O)[C@@H](N)CCCCN)C(=O)N[C@@H](Cc1ccccc1)C(=O)NC(O)C(=O)O. The highest BCUT2D eigenvalue weighted by atomic mass is 16.4. The number of unbranched alkanes of at least 4 members (excludes halogenated alkanes) is 1. The minimum absolute atomic E-state index is 0.0457. The topological polar surface area (TPSA) is 197 Å². The lowest BCUT2D eigenvalue weighted by Gasteiger charge is -2.23. The molecule has 31 heavy (non-hydrogen) atoms. The van der Waals surface area contributed by atoms with E-state index in [4.69, 9.17) is 16.6 Å². The van der Waals surface area contributed by atoms with Gasteiger partial charge in [-0.2, -0.15) is 0 Å². The molecule has 0 aliphatic carbocycles. The molecule has 1 aromatic rings. The van der Waals surface area contributed by atoms with Crippen LogP contribution >= 0.6 is 0 Å². The number of nitrogens with one attached hydrogen (secondary N) is 3. The Kier molecular flexibility index (Phi) is 11.2. The maximum atomic E-state index is 12.5. The molecule has 0 heterocycles. The van der Waals surface area contributed by atoms with Gasteiger partial charge in [-0.05, 0) is 31.9 Å². The maximum absolute atomic E-state index is 12.5. The first-order chi connectivity index (χ1) is 14.6. The molecule has 9 N–H and O–H groups in total. The third-order valence-corrected chi connectivity index (χ3v) is 4.49. The average molecular weight is 437 g/mol. The number of hydrogen-bond acceptors (Lipinski definition) is 7. The van der Waals surface area contributed by atoms with E-state index in [-0.39, 0.29) is 6.42 Å². The highest BCUT2D eigenvalue weighted by Crippen LogP contribution is 2.05. The summed E-state index contributed by atoms with van der Waals surface area (Å²) in [6.07, 6.45) is -0.244. The fourth-order valence-corrected chi connectivity index (χ4v) is 2.68. The number of carbonyl (C=O) groups excluding carboxylic acids is 3. The van der Waals surface area contributed by atoms with Gasteiger partial charge >= 0.3 is 5.97 Å². The van der Waals surface area contributed by atoms with Crippen LogP contribution in [-0.2, 0) is 25.6 Å². The molecule has 0 bridgehead atoms. The van der Waals surface area contributed by atoms with Crippen molar-refractivity contribution in [3.63, 3.8) is 0 Å². The fraction of sp³-hybridized carbons (Fsp3) is 0.500. The Balaban J connectivity index is 2.77. The van der Waals surface area contributed by atoms with Gasteiger partial charge in [-0.3, -0.25) is 14.4 Å². The van der Waals surface area contributed by atoms with Crippen molar-refractivity contribution in [1.29, 1.82) is 0 Å². The molecule has 0 saturated carbocycles. The number of aliphatic hydroxyl groups is 1. The molecule has 0 saturated heterocycles. The molecule has 0 fully saturated rings. The second-order valence-electron chi connectivity index (χ2n) is 7.12. The van der Waals surface area contributed by atoms with E-state index in [0.717, 1.165) is 6.42 Å². The number of rotatable bonds is 13. The van der Waals surface area contributed by atoms with Gasteiger partial charge in [0.05, 0.1) is 6.04 Å². The van der Waals surface area contributed by atoms with Crippen molar-refractivity contribution < 1.29 is 29.4 Å². The van der Waals surface area contributed by atoms with Crippen molar-refractivity contribution in [1.82, 2.24) is 16.0 Å². The van der Waals surface area contributed by atoms with Gasteiger partial charge in [0.2, 0.25) is 23.9 Å². The zero-order chi connectivity index (χ0) is 23.4. The van der Waals surface area contributed by atoms with Crippen molar-refractivity contribution >= 4 is 23.7 Å². The van der Waals surface area contributed by atoms with Crippen molar-refractivity contribution in [2.75, 3.05) is 6.54 Å². The molecule has 0 spiro atoms. The molecule has 0 aliphatic heterocycles. The van der Waals surface area contributed by atoms with Gasteiger partial charge in [-0.1, -0.05) is 36.8 Å². The van der Waals surface area contributed by atoms with Crippen LogP contribution in [0.1, 0.15) is 31.7 Å². The number of aliphatic carboxylic acids is 1. The summed E-state index contributed by atoms with van der Waals surface area (Å²) in [5.41, 5.74) is 11.9. The molecule has 1 rings (SSSR count). The minimum Gasteiger partial charge on any atom is -0.478 e. The van der Waals surface area contributed by atoms with Crippen LogP contribution in [0.4, 0.5) is 0 Å². The number of nitrogens with two attached hydrogens (primary N) is 2. The van der Waals surface area contributed by atoms with E-state index in [9.17, 15) is 24.3 Å². The van der Waals surface area contributed by atoms with Crippen molar-refractivity contribution in [2.45, 2.75) is 57.0 Å². The Labute approximate surface area is 180 Å². The van der Waals surface area contributed by atoms with Crippen LogP contribution in [0.3, 0.4) is 0 Å². The first-order valence-corrected chi connectivity index (χ1v) is 9.97. The Morgan fingerprint density at radius 2 is 1.61 bits per heavy atom. The fourth-order valence-electron chi connectivity index (χ4n) is 2.68. The van der Waals surface area contributed by atoms with E-state index in [2.05, 4.69) is 10.6 Å². The van der Waals surface area contributed by atoms with Crippen molar-refractivity contribution in [3.8, 4) is 0 Å². The summed E-state index contributed by atoms with van der Waals surface area (Å²) >= 11 is 0. The number of carboxylic acid groups (broad SMARTS) is 1. The molecular weight excluding hydrogens is 406 g/mol. The number of aliphatic hydroxyl groups excluding tert-OH is 1. The third-order valence-electron chi connectivity index (χ3n) is 4.49. The molecule has 0 aliphatic rings. The average Bonchev–Trinajstić information content (AvgIpc) is 2.73. The predicted octanol–water partition coefficient (Wildman–Crippen LogP) is -1.81. The summed E-state index contributed by atoms with van der Waals surface area (Å²) in [6.45, 7) is 1.93. The zero-order valence-corrected chi connectivity index (χ0v) is 17.4. The van der Waals surface area contributed by atoms with E-state index in [1.54, 1.807) is 30.3 Å². The summed E-state index contributed by atoms with van der Waals surface area (Å²) in [5.74, 6) is -3.69. The Morgan fingerprint density at radius 3 is 2.19 bits per heavy atom. The lowest BCUT2D eigenvalue weighted by Crippen LogP contribution is -2.56. The molecule has 0 aromatic heterocycles. The molecule has 172 valence electrons. The van der Waals surface area contributed by atoms with Gasteiger partial charge in [0, 0.05) is 6.42 Å². The molecule has 11 heteroatoms. The maximum Gasteiger partial charge on any atom is 0.353 e. The summed E-state index contributed by atoms with van der Waals surface area (Å²) in [7, 11) is 0. The monoisotopic (exact) mass is 437 g/mol. The normalized spacial score (nSPS) is 14.6.